The van der Waals surface area contributed by atoms with E-state index in [1.54, 1.807) is 4.90 Å². The largest absolute Gasteiger partial charge is 0.450 e. The Labute approximate surface area is 162 Å². The first kappa shape index (κ1) is 21.0. The van der Waals surface area contributed by atoms with Gasteiger partial charge in [-0.25, -0.2) is 4.79 Å². The van der Waals surface area contributed by atoms with Crippen molar-refractivity contribution in [2.45, 2.75) is 38.8 Å². The normalized spacial score (nSPS) is 17.1. The van der Waals surface area contributed by atoms with Gasteiger partial charge in [0.1, 0.15) is 0 Å². The molecule has 27 heavy (non-hydrogen) atoms. The average molecular weight is 376 g/mol. The summed E-state index contributed by atoms with van der Waals surface area (Å²) in [6.45, 7) is 6.25. The van der Waals surface area contributed by atoms with Gasteiger partial charge >= 0.3 is 6.09 Å². The molecule has 0 radical (unpaired) electrons. The van der Waals surface area contributed by atoms with Gasteiger partial charge in [-0.15, -0.1) is 0 Å². The summed E-state index contributed by atoms with van der Waals surface area (Å²) >= 11 is 0. The van der Waals surface area contributed by atoms with Crippen LogP contribution in [0.4, 0.5) is 4.79 Å². The summed E-state index contributed by atoms with van der Waals surface area (Å²) in [5.74, 6) is 0.462. The van der Waals surface area contributed by atoms with E-state index < -0.39 is 0 Å². The molecule has 1 amide bonds. The van der Waals surface area contributed by atoms with Gasteiger partial charge in [0.25, 0.3) is 0 Å². The molecule has 7 nitrogen and oxygen atoms in total. The summed E-state index contributed by atoms with van der Waals surface area (Å²) in [6, 6.07) is 8.94. The molecule has 1 aromatic rings. The van der Waals surface area contributed by atoms with Crippen molar-refractivity contribution in [1.82, 2.24) is 15.1 Å². The van der Waals surface area contributed by atoms with Crippen molar-refractivity contribution in [2.24, 2.45) is 10.7 Å². The molecule has 1 aliphatic heterocycles. The lowest BCUT2D eigenvalue weighted by atomic mass is 10.0. The van der Waals surface area contributed by atoms with Gasteiger partial charge in [-0.2, -0.15) is 0 Å². The number of ether oxygens (including phenoxy) is 1. The van der Waals surface area contributed by atoms with Crippen molar-refractivity contribution in [2.75, 3.05) is 40.3 Å². The third-order valence-electron chi connectivity index (χ3n) is 4.89. The Morgan fingerprint density at radius 1 is 1.33 bits per heavy atom. The number of amides is 1. The number of aryl methyl sites for hydroxylation is 1. The smallest absolute Gasteiger partial charge is 0.409 e. The number of carbonyl (C=O) groups excluding carboxylic acids is 1. The number of nitrogens with zero attached hydrogens (tertiary/aromatic N) is 3. The Bertz CT molecular complexity index is 622. The molecule has 3 N–H and O–H groups in total. The first-order valence-electron chi connectivity index (χ1n) is 9.61. The van der Waals surface area contributed by atoms with Crippen LogP contribution in [0.3, 0.4) is 0 Å². The van der Waals surface area contributed by atoms with Crippen LogP contribution in [-0.2, 0) is 4.74 Å². The van der Waals surface area contributed by atoms with E-state index in [2.05, 4.69) is 60.5 Å². The van der Waals surface area contributed by atoms with E-state index >= 15 is 0 Å². The number of likely N-dealkylation sites (tertiary alicyclic amines) is 1. The Morgan fingerprint density at radius 3 is 2.52 bits per heavy atom. The first-order valence-corrected chi connectivity index (χ1v) is 9.61. The SMILES string of the molecule is CCOC(=O)N1CCC(NC(N)=NCC(c2ccc(C)cc2)N(C)C)CC1. The fraction of sp³-hybridized carbons (Fsp3) is 0.600. The summed E-state index contributed by atoms with van der Waals surface area (Å²) in [6.07, 6.45) is 1.44. The second kappa shape index (κ2) is 10.2. The molecule has 150 valence electrons. The molecule has 0 bridgehead atoms. The van der Waals surface area contributed by atoms with E-state index in [1.807, 2.05) is 6.92 Å². The number of hydrogen-bond donors (Lipinski definition) is 2. The van der Waals surface area contributed by atoms with Crippen LogP contribution in [0.1, 0.15) is 36.9 Å². The second-order valence-electron chi connectivity index (χ2n) is 7.22. The van der Waals surface area contributed by atoms with Crippen molar-refractivity contribution < 1.29 is 9.53 Å². The minimum Gasteiger partial charge on any atom is -0.450 e. The van der Waals surface area contributed by atoms with Crippen LogP contribution in [0.5, 0.6) is 0 Å². The summed E-state index contributed by atoms with van der Waals surface area (Å²) in [5.41, 5.74) is 8.58. The highest BCUT2D eigenvalue weighted by Crippen LogP contribution is 2.19. The summed E-state index contributed by atoms with van der Waals surface area (Å²) in [4.78, 5) is 20.2. The first-order chi connectivity index (χ1) is 12.9. The van der Waals surface area contributed by atoms with Crippen molar-refractivity contribution in [1.29, 1.82) is 0 Å². The molecular formula is C20H33N5O2. The molecule has 7 heteroatoms. The van der Waals surface area contributed by atoms with Crippen LogP contribution < -0.4 is 11.1 Å². The molecular weight excluding hydrogens is 342 g/mol. The fourth-order valence-corrected chi connectivity index (χ4v) is 3.22. The monoisotopic (exact) mass is 375 g/mol. The van der Waals surface area contributed by atoms with Gasteiger partial charge in [0.05, 0.1) is 19.2 Å². The third kappa shape index (κ3) is 6.43. The maximum absolute atomic E-state index is 11.8. The number of carbonyl (C=O) groups is 1. The van der Waals surface area contributed by atoms with Gasteiger partial charge in [0, 0.05) is 19.1 Å². The van der Waals surface area contributed by atoms with Gasteiger partial charge in [0.2, 0.25) is 0 Å². The fourth-order valence-electron chi connectivity index (χ4n) is 3.22. The Morgan fingerprint density at radius 2 is 1.96 bits per heavy atom. The number of guanidine groups is 1. The van der Waals surface area contributed by atoms with Crippen molar-refractivity contribution in [3.05, 3.63) is 35.4 Å². The third-order valence-corrected chi connectivity index (χ3v) is 4.89. The van der Waals surface area contributed by atoms with Crippen LogP contribution in [-0.4, -0.2) is 68.2 Å². The highest BCUT2D eigenvalue weighted by molar-refractivity contribution is 5.78. The van der Waals surface area contributed by atoms with E-state index in [0.29, 0.717) is 32.2 Å². The molecule has 1 aliphatic rings. The number of nitrogens with one attached hydrogen (secondary N) is 1. The lowest BCUT2D eigenvalue weighted by Gasteiger charge is -2.32. The number of benzene rings is 1. The lowest BCUT2D eigenvalue weighted by molar-refractivity contribution is 0.0963. The Balaban J connectivity index is 1.86. The summed E-state index contributed by atoms with van der Waals surface area (Å²) < 4.78 is 5.05. The number of likely N-dealkylation sites (N-methyl/N-ethyl adjacent to an activating group) is 1. The number of piperidine rings is 1. The summed E-state index contributed by atoms with van der Waals surface area (Å²) in [5, 5.41) is 3.30. The van der Waals surface area contributed by atoms with E-state index in [4.69, 9.17) is 10.5 Å². The molecule has 1 unspecified atom stereocenters. The zero-order valence-corrected chi connectivity index (χ0v) is 16.9. The number of aliphatic imine (C=N–C) groups is 1. The van der Waals surface area contributed by atoms with Gasteiger partial charge in [0.15, 0.2) is 5.96 Å². The molecule has 1 aromatic carbocycles. The number of rotatable bonds is 6. The Kier molecular flexibility index (Phi) is 7.91. The van der Waals surface area contributed by atoms with E-state index in [-0.39, 0.29) is 18.2 Å². The molecule has 2 rings (SSSR count). The molecule has 0 spiro atoms. The molecule has 0 saturated carbocycles. The zero-order chi connectivity index (χ0) is 19.8. The lowest BCUT2D eigenvalue weighted by Crippen LogP contribution is -2.48. The van der Waals surface area contributed by atoms with Crippen LogP contribution in [0.25, 0.3) is 0 Å². The van der Waals surface area contributed by atoms with E-state index in [9.17, 15) is 4.79 Å². The van der Waals surface area contributed by atoms with E-state index in [0.717, 1.165) is 12.8 Å². The van der Waals surface area contributed by atoms with Crippen molar-refractivity contribution in [3.63, 3.8) is 0 Å². The van der Waals surface area contributed by atoms with Crippen molar-refractivity contribution in [3.8, 4) is 0 Å². The molecule has 0 aromatic heterocycles. The molecule has 1 atom stereocenters. The average Bonchev–Trinajstić information content (AvgIpc) is 2.64. The molecule has 1 fully saturated rings. The number of nitrogens with two attached hydrogens (primary N) is 1. The van der Waals surface area contributed by atoms with Gasteiger partial charge in [-0.1, -0.05) is 29.8 Å². The van der Waals surface area contributed by atoms with Crippen LogP contribution in [0.2, 0.25) is 0 Å². The predicted molar refractivity (Wildman–Crippen MR) is 109 cm³/mol. The zero-order valence-electron chi connectivity index (χ0n) is 16.9. The van der Waals surface area contributed by atoms with Crippen LogP contribution in [0, 0.1) is 6.92 Å². The maximum Gasteiger partial charge on any atom is 0.409 e. The second-order valence-corrected chi connectivity index (χ2v) is 7.22. The van der Waals surface area contributed by atoms with Crippen LogP contribution in [0.15, 0.2) is 29.3 Å². The molecule has 0 aliphatic carbocycles. The highest BCUT2D eigenvalue weighted by Gasteiger charge is 2.23. The van der Waals surface area contributed by atoms with Crippen LogP contribution >= 0.6 is 0 Å². The highest BCUT2D eigenvalue weighted by atomic mass is 16.6. The topological polar surface area (TPSA) is 83.2 Å². The minimum atomic E-state index is -0.232. The van der Waals surface area contributed by atoms with Gasteiger partial charge < -0.3 is 25.6 Å². The quantitative estimate of drug-likeness (QED) is 0.588. The maximum atomic E-state index is 11.8. The molecule has 1 heterocycles. The molecule has 1 saturated heterocycles. The minimum absolute atomic E-state index is 0.177. The number of hydrogen-bond acceptors (Lipinski definition) is 4. The Hall–Kier alpha value is -2.28. The van der Waals surface area contributed by atoms with Gasteiger partial charge in [-0.05, 0) is 46.3 Å². The van der Waals surface area contributed by atoms with Crippen molar-refractivity contribution >= 4 is 12.1 Å². The standard InChI is InChI=1S/C20H33N5O2/c1-5-27-20(26)25-12-10-17(11-13-25)23-19(21)22-14-18(24(3)4)16-8-6-15(2)7-9-16/h6-9,17-18H,5,10-14H2,1-4H3,(H3,21,22,23). The van der Waals surface area contributed by atoms with Gasteiger partial charge in [-0.3, -0.25) is 4.99 Å². The predicted octanol–water partition coefficient (Wildman–Crippen LogP) is 2.12. The van der Waals surface area contributed by atoms with E-state index in [1.165, 1.54) is 11.1 Å². The summed E-state index contributed by atoms with van der Waals surface area (Å²) in [7, 11) is 4.10.